The van der Waals surface area contributed by atoms with Gasteiger partial charge in [-0.15, -0.1) is 12.4 Å². The summed E-state index contributed by atoms with van der Waals surface area (Å²) in [5.41, 5.74) is 1.37. The monoisotopic (exact) mass is 343 g/mol. The molecule has 0 radical (unpaired) electrons. The second-order valence-electron chi connectivity index (χ2n) is 4.14. The molecule has 1 heterocycles. The van der Waals surface area contributed by atoms with Gasteiger partial charge in [0.25, 0.3) is 0 Å². The summed E-state index contributed by atoms with van der Waals surface area (Å²) in [4.78, 5) is 8.22. The van der Waals surface area contributed by atoms with E-state index in [2.05, 4.69) is 15.3 Å². The van der Waals surface area contributed by atoms with Crippen LogP contribution in [0, 0.1) is 5.82 Å². The van der Waals surface area contributed by atoms with E-state index in [0.717, 1.165) is 0 Å². The molecule has 2 aromatic carbocycles. The number of aromatic nitrogens is 2. The van der Waals surface area contributed by atoms with Gasteiger partial charge in [0.05, 0.1) is 15.6 Å². The first kappa shape index (κ1) is 15.8. The molecule has 0 saturated heterocycles. The zero-order valence-corrected chi connectivity index (χ0v) is 12.8. The number of anilines is 2. The Bertz CT molecular complexity index is 796. The van der Waals surface area contributed by atoms with Crippen LogP contribution in [0.15, 0.2) is 42.7 Å². The minimum absolute atomic E-state index is 0. The van der Waals surface area contributed by atoms with Gasteiger partial charge in [0.15, 0.2) is 0 Å². The van der Waals surface area contributed by atoms with Gasteiger partial charge in [-0.3, -0.25) is 0 Å². The minimum atomic E-state index is -0.343. The Morgan fingerprint density at radius 2 is 1.76 bits per heavy atom. The van der Waals surface area contributed by atoms with E-state index in [1.807, 2.05) is 0 Å². The first-order valence-corrected chi connectivity index (χ1v) is 6.51. The molecule has 21 heavy (non-hydrogen) atoms. The Kier molecular flexibility index (Phi) is 4.83. The molecule has 0 spiro atoms. The van der Waals surface area contributed by atoms with E-state index >= 15 is 0 Å². The van der Waals surface area contributed by atoms with Crippen LogP contribution < -0.4 is 5.32 Å². The van der Waals surface area contributed by atoms with Crippen molar-refractivity contribution in [2.45, 2.75) is 0 Å². The topological polar surface area (TPSA) is 37.8 Å². The van der Waals surface area contributed by atoms with Crippen molar-refractivity contribution in [3.8, 4) is 0 Å². The normalized spacial score (nSPS) is 10.2. The largest absolute Gasteiger partial charge is 0.340 e. The van der Waals surface area contributed by atoms with Crippen molar-refractivity contribution < 1.29 is 4.39 Å². The fraction of sp³-hybridized carbons (Fsp3) is 0. The number of rotatable bonds is 2. The number of fused-ring (bicyclic) bond motifs is 1. The average molecular weight is 345 g/mol. The molecule has 0 unspecified atom stereocenters. The van der Waals surface area contributed by atoms with Gasteiger partial charge in [0.2, 0.25) is 0 Å². The van der Waals surface area contributed by atoms with Crippen LogP contribution in [0.1, 0.15) is 0 Å². The molecule has 0 amide bonds. The summed E-state index contributed by atoms with van der Waals surface area (Å²) in [6, 6.07) is 9.47. The number of benzene rings is 2. The molecular formula is C14H9Cl3FN3. The van der Waals surface area contributed by atoms with E-state index in [4.69, 9.17) is 23.2 Å². The third kappa shape index (κ3) is 3.35. The summed E-state index contributed by atoms with van der Waals surface area (Å²) in [7, 11) is 0. The number of hydrogen-bond donors (Lipinski definition) is 1. The smallest absolute Gasteiger partial charge is 0.141 e. The van der Waals surface area contributed by atoms with Crippen molar-refractivity contribution in [3.63, 3.8) is 0 Å². The highest BCUT2D eigenvalue weighted by molar-refractivity contribution is 6.42. The number of hydrogen-bond acceptors (Lipinski definition) is 3. The molecule has 3 rings (SSSR count). The summed E-state index contributed by atoms with van der Waals surface area (Å²) < 4.78 is 13.4. The Morgan fingerprint density at radius 1 is 0.952 bits per heavy atom. The van der Waals surface area contributed by atoms with E-state index in [0.29, 0.717) is 32.5 Å². The van der Waals surface area contributed by atoms with Gasteiger partial charge in [-0.05, 0) is 36.4 Å². The Morgan fingerprint density at radius 3 is 2.52 bits per heavy atom. The highest BCUT2D eigenvalue weighted by Crippen LogP contribution is 2.28. The SMILES string of the molecule is Cl.Fc1ccc2ncnc(Nc3ccc(Cl)c(Cl)c3)c2c1. The lowest BCUT2D eigenvalue weighted by Crippen LogP contribution is -1.96. The molecule has 3 aromatic rings. The molecule has 0 fully saturated rings. The van der Waals surface area contributed by atoms with E-state index in [-0.39, 0.29) is 18.2 Å². The average Bonchev–Trinajstić information content (AvgIpc) is 2.44. The van der Waals surface area contributed by atoms with Crippen LogP contribution in [0.4, 0.5) is 15.9 Å². The fourth-order valence-corrected chi connectivity index (χ4v) is 2.14. The second kappa shape index (κ2) is 6.43. The van der Waals surface area contributed by atoms with Crippen LogP contribution in [0.2, 0.25) is 10.0 Å². The number of halogens is 4. The third-order valence-corrected chi connectivity index (χ3v) is 3.52. The third-order valence-electron chi connectivity index (χ3n) is 2.78. The van der Waals surface area contributed by atoms with Crippen molar-refractivity contribution in [1.29, 1.82) is 0 Å². The van der Waals surface area contributed by atoms with Crippen LogP contribution in [0.3, 0.4) is 0 Å². The summed E-state index contributed by atoms with van der Waals surface area (Å²) in [6.07, 6.45) is 1.42. The molecular weight excluding hydrogens is 336 g/mol. The van der Waals surface area contributed by atoms with Crippen molar-refractivity contribution in [3.05, 3.63) is 58.6 Å². The maximum Gasteiger partial charge on any atom is 0.141 e. The maximum absolute atomic E-state index is 13.4. The van der Waals surface area contributed by atoms with E-state index in [1.165, 1.54) is 18.5 Å². The zero-order chi connectivity index (χ0) is 14.1. The summed E-state index contributed by atoms with van der Waals surface area (Å²) in [6.45, 7) is 0. The van der Waals surface area contributed by atoms with Crippen molar-refractivity contribution in [1.82, 2.24) is 9.97 Å². The lowest BCUT2D eigenvalue weighted by Gasteiger charge is -2.09. The lowest BCUT2D eigenvalue weighted by atomic mass is 10.2. The first-order valence-electron chi connectivity index (χ1n) is 5.76. The van der Waals surface area contributed by atoms with Crippen LogP contribution >= 0.6 is 35.6 Å². The predicted molar refractivity (Wildman–Crippen MR) is 86.5 cm³/mol. The molecule has 0 atom stereocenters. The predicted octanol–water partition coefficient (Wildman–Crippen LogP) is 5.24. The zero-order valence-electron chi connectivity index (χ0n) is 10.5. The van der Waals surface area contributed by atoms with Crippen LogP contribution in [-0.4, -0.2) is 9.97 Å². The maximum atomic E-state index is 13.4. The molecule has 7 heteroatoms. The first-order chi connectivity index (χ1) is 9.63. The van der Waals surface area contributed by atoms with Gasteiger partial charge in [-0.2, -0.15) is 0 Å². The molecule has 0 aliphatic carbocycles. The molecule has 0 aliphatic heterocycles. The fourth-order valence-electron chi connectivity index (χ4n) is 1.84. The quantitative estimate of drug-likeness (QED) is 0.690. The molecule has 1 N–H and O–H groups in total. The van der Waals surface area contributed by atoms with Crippen LogP contribution in [-0.2, 0) is 0 Å². The molecule has 1 aromatic heterocycles. The van der Waals surface area contributed by atoms with E-state index in [9.17, 15) is 4.39 Å². The molecule has 0 saturated carbocycles. The Labute approximate surface area is 136 Å². The summed E-state index contributed by atoms with van der Waals surface area (Å²) >= 11 is 11.8. The highest BCUT2D eigenvalue weighted by atomic mass is 35.5. The molecule has 108 valence electrons. The van der Waals surface area contributed by atoms with E-state index in [1.54, 1.807) is 24.3 Å². The van der Waals surface area contributed by atoms with Crippen LogP contribution in [0.5, 0.6) is 0 Å². The van der Waals surface area contributed by atoms with Gasteiger partial charge >= 0.3 is 0 Å². The van der Waals surface area contributed by atoms with Crippen molar-refractivity contribution in [2.24, 2.45) is 0 Å². The molecule has 0 bridgehead atoms. The van der Waals surface area contributed by atoms with Gasteiger partial charge < -0.3 is 5.32 Å². The van der Waals surface area contributed by atoms with Crippen LogP contribution in [0.25, 0.3) is 10.9 Å². The summed E-state index contributed by atoms with van der Waals surface area (Å²) in [5, 5.41) is 4.58. The summed E-state index contributed by atoms with van der Waals surface area (Å²) in [5.74, 6) is 0.164. The Hall–Kier alpha value is -1.62. The minimum Gasteiger partial charge on any atom is -0.340 e. The molecule has 0 aliphatic rings. The van der Waals surface area contributed by atoms with Crippen molar-refractivity contribution >= 4 is 58.0 Å². The molecule has 3 nitrogen and oxygen atoms in total. The van der Waals surface area contributed by atoms with Gasteiger partial charge in [-0.1, -0.05) is 23.2 Å². The highest BCUT2D eigenvalue weighted by Gasteiger charge is 2.06. The Balaban J connectivity index is 0.00000161. The van der Waals surface area contributed by atoms with Crippen molar-refractivity contribution in [2.75, 3.05) is 5.32 Å². The van der Waals surface area contributed by atoms with E-state index < -0.39 is 0 Å². The number of nitrogens with one attached hydrogen (secondary N) is 1. The second-order valence-corrected chi connectivity index (χ2v) is 4.95. The van der Waals surface area contributed by atoms with Gasteiger partial charge in [0, 0.05) is 11.1 Å². The number of nitrogens with zero attached hydrogens (tertiary/aromatic N) is 2. The standard InChI is InChI=1S/C14H8Cl2FN3.ClH/c15-11-3-2-9(6-12(11)16)20-14-10-5-8(17)1-4-13(10)18-7-19-14;/h1-7H,(H,18,19,20);1H. The van der Waals surface area contributed by atoms with Gasteiger partial charge in [-0.25, -0.2) is 14.4 Å². The lowest BCUT2D eigenvalue weighted by molar-refractivity contribution is 0.629. The van der Waals surface area contributed by atoms with Gasteiger partial charge in [0.1, 0.15) is 18.0 Å².